The Balaban J connectivity index is 1.85. The molecule has 0 spiro atoms. The van der Waals surface area contributed by atoms with Gasteiger partial charge in [0.1, 0.15) is 17.3 Å². The molecule has 1 aliphatic rings. The highest BCUT2D eigenvalue weighted by molar-refractivity contribution is 6.32. The van der Waals surface area contributed by atoms with Crippen LogP contribution in [-0.2, 0) is 4.74 Å². The molecule has 0 unspecified atom stereocenters. The molecular formula is C16H19ClN4O3. The molecule has 7 nitrogen and oxygen atoms in total. The van der Waals surface area contributed by atoms with Gasteiger partial charge in [0.25, 0.3) is 0 Å². The lowest BCUT2D eigenvalue weighted by molar-refractivity contribution is 0.122. The van der Waals surface area contributed by atoms with E-state index in [0.29, 0.717) is 41.4 Å². The third kappa shape index (κ3) is 3.63. The largest absolute Gasteiger partial charge is 0.495 e. The zero-order valence-electron chi connectivity index (χ0n) is 13.6. The van der Waals surface area contributed by atoms with Crippen molar-refractivity contribution in [1.82, 2.24) is 9.97 Å². The minimum atomic E-state index is 0.474. The minimum Gasteiger partial charge on any atom is -0.495 e. The van der Waals surface area contributed by atoms with Crippen molar-refractivity contribution >= 4 is 29.1 Å². The molecule has 0 aliphatic carbocycles. The van der Waals surface area contributed by atoms with Crippen molar-refractivity contribution in [2.24, 2.45) is 0 Å². The van der Waals surface area contributed by atoms with Crippen molar-refractivity contribution in [3.8, 4) is 11.5 Å². The van der Waals surface area contributed by atoms with Crippen LogP contribution in [0.5, 0.6) is 11.5 Å². The van der Waals surface area contributed by atoms with Gasteiger partial charge in [-0.25, -0.2) is 4.98 Å². The molecule has 0 amide bonds. The Morgan fingerprint density at radius 3 is 2.62 bits per heavy atom. The molecule has 128 valence electrons. The molecular weight excluding hydrogens is 332 g/mol. The maximum Gasteiger partial charge on any atom is 0.229 e. The number of halogens is 1. The van der Waals surface area contributed by atoms with Crippen LogP contribution in [0, 0.1) is 0 Å². The van der Waals surface area contributed by atoms with Gasteiger partial charge in [0.2, 0.25) is 5.95 Å². The molecule has 0 radical (unpaired) electrons. The number of nitrogens with one attached hydrogen (secondary N) is 1. The minimum absolute atomic E-state index is 0.474. The summed E-state index contributed by atoms with van der Waals surface area (Å²) in [5, 5.41) is 3.64. The maximum atomic E-state index is 6.13. The summed E-state index contributed by atoms with van der Waals surface area (Å²) in [5.41, 5.74) is 0.679. The number of nitrogens with zero attached hydrogens (tertiary/aromatic N) is 3. The topological polar surface area (TPSA) is 68.7 Å². The van der Waals surface area contributed by atoms with Crippen molar-refractivity contribution in [3.05, 3.63) is 29.4 Å². The first-order valence-electron chi connectivity index (χ1n) is 7.55. The number of anilines is 3. The first-order valence-corrected chi connectivity index (χ1v) is 7.93. The molecule has 2 aromatic rings. The Labute approximate surface area is 145 Å². The average molecular weight is 351 g/mol. The van der Waals surface area contributed by atoms with Crippen LogP contribution in [0.2, 0.25) is 5.02 Å². The van der Waals surface area contributed by atoms with Crippen LogP contribution >= 0.6 is 11.6 Å². The third-order valence-corrected chi connectivity index (χ3v) is 3.99. The van der Waals surface area contributed by atoms with E-state index >= 15 is 0 Å². The van der Waals surface area contributed by atoms with Gasteiger partial charge in [-0.1, -0.05) is 11.6 Å². The highest BCUT2D eigenvalue weighted by Crippen LogP contribution is 2.36. The highest BCUT2D eigenvalue weighted by atomic mass is 35.5. The van der Waals surface area contributed by atoms with Crippen LogP contribution in [0.15, 0.2) is 24.4 Å². The average Bonchev–Trinajstić information content (AvgIpc) is 2.63. The standard InChI is InChI=1S/C16H19ClN4O3/c1-22-13-10-12(14(23-2)9-11(13)17)19-16-18-4-3-15(20-16)21-5-7-24-8-6-21/h3-4,9-10H,5-8H2,1-2H3,(H,18,19,20). The molecule has 8 heteroatoms. The van der Waals surface area contributed by atoms with E-state index in [4.69, 9.17) is 25.8 Å². The number of methoxy groups -OCH3 is 2. The molecule has 2 heterocycles. The van der Waals surface area contributed by atoms with Gasteiger partial charge in [-0.3, -0.25) is 0 Å². The van der Waals surface area contributed by atoms with Gasteiger partial charge < -0.3 is 24.4 Å². The van der Waals surface area contributed by atoms with E-state index in [1.807, 2.05) is 6.07 Å². The normalized spacial score (nSPS) is 14.4. The molecule has 1 aliphatic heterocycles. The summed E-state index contributed by atoms with van der Waals surface area (Å²) in [5.74, 6) is 2.46. The fraction of sp³-hybridized carbons (Fsp3) is 0.375. The van der Waals surface area contributed by atoms with Crippen molar-refractivity contribution in [2.75, 3.05) is 50.7 Å². The number of morpholine rings is 1. The van der Waals surface area contributed by atoms with Crippen LogP contribution in [0.4, 0.5) is 17.5 Å². The fourth-order valence-electron chi connectivity index (χ4n) is 2.46. The number of hydrogen-bond donors (Lipinski definition) is 1. The fourth-order valence-corrected chi connectivity index (χ4v) is 2.69. The molecule has 0 bridgehead atoms. The van der Waals surface area contributed by atoms with E-state index in [9.17, 15) is 0 Å². The van der Waals surface area contributed by atoms with E-state index in [2.05, 4.69) is 20.2 Å². The van der Waals surface area contributed by atoms with E-state index in [-0.39, 0.29) is 0 Å². The second kappa shape index (κ2) is 7.55. The monoisotopic (exact) mass is 350 g/mol. The molecule has 0 saturated carbocycles. The van der Waals surface area contributed by atoms with E-state index < -0.39 is 0 Å². The Bertz CT molecular complexity index is 708. The number of benzene rings is 1. The van der Waals surface area contributed by atoms with Crippen LogP contribution in [0.25, 0.3) is 0 Å². The molecule has 0 atom stereocenters. The zero-order valence-corrected chi connectivity index (χ0v) is 14.3. The lowest BCUT2D eigenvalue weighted by Crippen LogP contribution is -2.36. The summed E-state index contributed by atoms with van der Waals surface area (Å²) in [4.78, 5) is 11.0. The molecule has 1 aromatic heterocycles. The summed E-state index contributed by atoms with van der Waals surface area (Å²) < 4.78 is 16.0. The molecule has 1 aromatic carbocycles. The smallest absolute Gasteiger partial charge is 0.229 e. The molecule has 1 N–H and O–H groups in total. The summed E-state index contributed by atoms with van der Waals surface area (Å²) in [6.07, 6.45) is 1.72. The van der Waals surface area contributed by atoms with Crippen molar-refractivity contribution < 1.29 is 14.2 Å². The first-order chi connectivity index (χ1) is 11.7. The number of rotatable bonds is 5. The van der Waals surface area contributed by atoms with Gasteiger partial charge in [0, 0.05) is 31.4 Å². The molecule has 1 saturated heterocycles. The van der Waals surface area contributed by atoms with E-state index in [1.165, 1.54) is 0 Å². The van der Waals surface area contributed by atoms with Crippen molar-refractivity contribution in [2.45, 2.75) is 0 Å². The summed E-state index contributed by atoms with van der Waals surface area (Å²) in [6, 6.07) is 5.33. The summed E-state index contributed by atoms with van der Waals surface area (Å²) in [6.45, 7) is 3.03. The van der Waals surface area contributed by atoms with Crippen LogP contribution in [0.3, 0.4) is 0 Å². The predicted molar refractivity (Wildman–Crippen MR) is 92.9 cm³/mol. The second-order valence-electron chi connectivity index (χ2n) is 5.15. The predicted octanol–water partition coefficient (Wildman–Crippen LogP) is 2.73. The molecule has 3 rings (SSSR count). The first kappa shape index (κ1) is 16.6. The quantitative estimate of drug-likeness (QED) is 0.889. The van der Waals surface area contributed by atoms with Gasteiger partial charge in [-0.05, 0) is 6.07 Å². The van der Waals surface area contributed by atoms with Crippen LogP contribution in [0.1, 0.15) is 0 Å². The Kier molecular flexibility index (Phi) is 5.22. The number of ether oxygens (including phenoxy) is 3. The lowest BCUT2D eigenvalue weighted by atomic mass is 10.2. The Hall–Kier alpha value is -2.25. The highest BCUT2D eigenvalue weighted by Gasteiger charge is 2.15. The number of aromatic nitrogens is 2. The van der Waals surface area contributed by atoms with Gasteiger partial charge in [0.05, 0.1) is 38.1 Å². The van der Waals surface area contributed by atoms with Gasteiger partial charge in [-0.2, -0.15) is 4.98 Å². The summed E-state index contributed by atoms with van der Waals surface area (Å²) >= 11 is 6.13. The van der Waals surface area contributed by atoms with Crippen LogP contribution in [-0.4, -0.2) is 50.5 Å². The third-order valence-electron chi connectivity index (χ3n) is 3.70. The number of hydrogen-bond acceptors (Lipinski definition) is 7. The second-order valence-corrected chi connectivity index (χ2v) is 5.56. The maximum absolute atomic E-state index is 6.13. The van der Waals surface area contributed by atoms with Gasteiger partial charge >= 0.3 is 0 Å². The van der Waals surface area contributed by atoms with Crippen molar-refractivity contribution in [1.29, 1.82) is 0 Å². The van der Waals surface area contributed by atoms with Crippen molar-refractivity contribution in [3.63, 3.8) is 0 Å². The van der Waals surface area contributed by atoms with Crippen LogP contribution < -0.4 is 19.7 Å². The molecule has 24 heavy (non-hydrogen) atoms. The Morgan fingerprint density at radius 1 is 1.17 bits per heavy atom. The SMILES string of the molecule is COc1cc(Nc2nccc(N3CCOCC3)n2)c(OC)cc1Cl. The zero-order chi connectivity index (χ0) is 16.9. The van der Waals surface area contributed by atoms with Gasteiger partial charge in [-0.15, -0.1) is 0 Å². The Morgan fingerprint density at radius 2 is 1.92 bits per heavy atom. The summed E-state index contributed by atoms with van der Waals surface area (Å²) in [7, 11) is 3.14. The lowest BCUT2D eigenvalue weighted by Gasteiger charge is -2.27. The van der Waals surface area contributed by atoms with E-state index in [1.54, 1.807) is 32.5 Å². The van der Waals surface area contributed by atoms with Gasteiger partial charge in [0.15, 0.2) is 0 Å². The van der Waals surface area contributed by atoms with E-state index in [0.717, 1.165) is 18.9 Å². The molecule has 1 fully saturated rings.